The van der Waals surface area contributed by atoms with Crippen LogP contribution in [-0.2, 0) is 9.53 Å². The Morgan fingerprint density at radius 2 is 2.04 bits per heavy atom. The van der Waals surface area contributed by atoms with Gasteiger partial charge < -0.3 is 14.4 Å². The van der Waals surface area contributed by atoms with E-state index in [2.05, 4.69) is 4.74 Å². The standard InChI is InChI=1S/C17H19F4NO3S/c1-11(15(23)22-8-14(26-2)9-24-10-22)7-12-3-5-13(6-4-12)25-17(20,21)16(18)19/h3-7,14,16H,8-10H2,1-2H3/b11-7+. The van der Waals surface area contributed by atoms with Crippen LogP contribution >= 0.6 is 11.8 Å². The normalized spacial score (nSPS) is 19.0. The van der Waals surface area contributed by atoms with Gasteiger partial charge in [0.2, 0.25) is 0 Å². The Bertz CT molecular complexity index is 652. The van der Waals surface area contributed by atoms with E-state index in [1.54, 1.807) is 29.7 Å². The SMILES string of the molecule is CSC1COCN(C(=O)/C(C)=C/c2ccc(OC(F)(F)C(F)F)cc2)C1. The minimum absolute atomic E-state index is 0.187. The summed E-state index contributed by atoms with van der Waals surface area (Å²) in [5, 5.41) is 0.216. The molecule has 4 nitrogen and oxygen atoms in total. The van der Waals surface area contributed by atoms with Crippen LogP contribution < -0.4 is 4.74 Å². The average Bonchev–Trinajstić information content (AvgIpc) is 2.62. The number of carbonyl (C=O) groups excluding carboxylic acids is 1. The van der Waals surface area contributed by atoms with Gasteiger partial charge in [0, 0.05) is 17.4 Å². The summed E-state index contributed by atoms with van der Waals surface area (Å²) in [4.78, 5) is 14.0. The van der Waals surface area contributed by atoms with Crippen molar-refractivity contribution in [1.82, 2.24) is 4.90 Å². The molecular formula is C17H19F4NO3S. The molecule has 26 heavy (non-hydrogen) atoms. The van der Waals surface area contributed by atoms with Crippen LogP contribution in [0.15, 0.2) is 29.8 Å². The second-order valence-corrected chi connectivity index (χ2v) is 6.88. The first-order valence-electron chi connectivity index (χ1n) is 7.76. The Labute approximate surface area is 153 Å². The number of benzene rings is 1. The molecule has 1 heterocycles. The maximum Gasteiger partial charge on any atom is 0.461 e. The van der Waals surface area contributed by atoms with Crippen LogP contribution in [0.4, 0.5) is 17.6 Å². The quantitative estimate of drug-likeness (QED) is 0.543. The molecule has 0 radical (unpaired) electrons. The van der Waals surface area contributed by atoms with Gasteiger partial charge in [0.05, 0.1) is 6.61 Å². The monoisotopic (exact) mass is 393 g/mol. The predicted molar refractivity (Wildman–Crippen MR) is 91.5 cm³/mol. The Hall–Kier alpha value is -1.74. The summed E-state index contributed by atoms with van der Waals surface area (Å²) >= 11 is 1.62. The topological polar surface area (TPSA) is 38.8 Å². The zero-order valence-corrected chi connectivity index (χ0v) is 15.1. The molecule has 1 saturated heterocycles. The van der Waals surface area contributed by atoms with Crippen molar-refractivity contribution in [1.29, 1.82) is 0 Å². The largest absolute Gasteiger partial charge is 0.461 e. The van der Waals surface area contributed by atoms with Crippen LogP contribution in [0.3, 0.4) is 0 Å². The molecule has 9 heteroatoms. The van der Waals surface area contributed by atoms with Gasteiger partial charge in [-0.1, -0.05) is 12.1 Å². The molecular weight excluding hydrogens is 374 g/mol. The molecule has 1 atom stereocenters. The molecule has 0 aliphatic carbocycles. The number of hydrogen-bond donors (Lipinski definition) is 0. The van der Waals surface area contributed by atoms with Crippen LogP contribution in [0, 0.1) is 0 Å². The smallest absolute Gasteiger partial charge is 0.428 e. The van der Waals surface area contributed by atoms with Gasteiger partial charge in [0.25, 0.3) is 5.91 Å². The summed E-state index contributed by atoms with van der Waals surface area (Å²) in [5.41, 5.74) is 1.00. The molecule has 0 N–H and O–H groups in total. The highest BCUT2D eigenvalue weighted by atomic mass is 32.2. The number of ether oxygens (including phenoxy) is 2. The molecule has 0 saturated carbocycles. The van der Waals surface area contributed by atoms with Gasteiger partial charge in [0.1, 0.15) is 12.5 Å². The third-order valence-corrected chi connectivity index (χ3v) is 4.66. The van der Waals surface area contributed by atoms with Crippen molar-refractivity contribution in [2.24, 2.45) is 0 Å². The Morgan fingerprint density at radius 3 is 2.62 bits per heavy atom. The lowest BCUT2D eigenvalue weighted by atomic mass is 10.1. The minimum Gasteiger partial charge on any atom is -0.428 e. The van der Waals surface area contributed by atoms with Crippen LogP contribution in [0.5, 0.6) is 5.75 Å². The first kappa shape index (κ1) is 20.6. The lowest BCUT2D eigenvalue weighted by Gasteiger charge is -2.32. The van der Waals surface area contributed by atoms with E-state index in [1.807, 2.05) is 6.26 Å². The molecule has 1 amide bonds. The predicted octanol–water partition coefficient (Wildman–Crippen LogP) is 3.87. The molecule has 1 aromatic rings. The number of rotatable bonds is 6. The van der Waals surface area contributed by atoms with E-state index >= 15 is 0 Å². The fraction of sp³-hybridized carbons (Fsp3) is 0.471. The molecule has 1 aliphatic heterocycles. The molecule has 144 valence electrons. The first-order chi connectivity index (χ1) is 12.2. The molecule has 1 aliphatic rings. The van der Waals surface area contributed by atoms with Crippen molar-refractivity contribution in [3.8, 4) is 5.75 Å². The zero-order valence-electron chi connectivity index (χ0n) is 14.3. The number of alkyl halides is 4. The maximum atomic E-state index is 12.9. The maximum absolute atomic E-state index is 12.9. The van der Waals surface area contributed by atoms with Crippen molar-refractivity contribution in [2.45, 2.75) is 24.7 Å². The van der Waals surface area contributed by atoms with Gasteiger partial charge in [-0.15, -0.1) is 0 Å². The highest BCUT2D eigenvalue weighted by Gasteiger charge is 2.43. The minimum atomic E-state index is -4.55. The highest BCUT2D eigenvalue weighted by Crippen LogP contribution is 2.28. The summed E-state index contributed by atoms with van der Waals surface area (Å²) in [6.07, 6.45) is -4.93. The van der Waals surface area contributed by atoms with Gasteiger partial charge in [-0.2, -0.15) is 29.3 Å². The van der Waals surface area contributed by atoms with E-state index < -0.39 is 12.5 Å². The number of hydrogen-bond acceptors (Lipinski definition) is 4. The Morgan fingerprint density at radius 1 is 1.38 bits per heavy atom. The number of carbonyl (C=O) groups is 1. The number of nitrogens with zero attached hydrogens (tertiary/aromatic N) is 1. The van der Waals surface area contributed by atoms with E-state index in [0.717, 1.165) is 12.1 Å². The molecule has 1 aromatic carbocycles. The molecule has 0 spiro atoms. The highest BCUT2D eigenvalue weighted by molar-refractivity contribution is 7.99. The van der Waals surface area contributed by atoms with E-state index in [-0.39, 0.29) is 23.6 Å². The third kappa shape index (κ3) is 5.38. The second kappa shape index (κ2) is 8.77. The molecule has 1 unspecified atom stereocenters. The van der Waals surface area contributed by atoms with Crippen LogP contribution in [-0.4, -0.2) is 54.7 Å². The fourth-order valence-corrected chi connectivity index (χ4v) is 2.89. The van der Waals surface area contributed by atoms with Gasteiger partial charge in [-0.05, 0) is 37.0 Å². The lowest BCUT2D eigenvalue weighted by Crippen LogP contribution is -2.44. The van der Waals surface area contributed by atoms with Gasteiger partial charge in [0.15, 0.2) is 0 Å². The molecule has 2 rings (SSSR count). The van der Waals surface area contributed by atoms with Gasteiger partial charge >= 0.3 is 12.5 Å². The Kier molecular flexibility index (Phi) is 6.94. The van der Waals surface area contributed by atoms with Crippen LogP contribution in [0.2, 0.25) is 0 Å². The summed E-state index contributed by atoms with van der Waals surface area (Å²) < 4.78 is 59.4. The van der Waals surface area contributed by atoms with Crippen molar-refractivity contribution >= 4 is 23.7 Å². The molecule has 0 bridgehead atoms. The number of amides is 1. The second-order valence-electron chi connectivity index (χ2n) is 5.75. The van der Waals surface area contributed by atoms with E-state index in [9.17, 15) is 22.4 Å². The number of halogens is 4. The van der Waals surface area contributed by atoms with E-state index in [0.29, 0.717) is 24.3 Å². The van der Waals surface area contributed by atoms with Gasteiger partial charge in [-0.3, -0.25) is 4.79 Å². The van der Waals surface area contributed by atoms with Crippen molar-refractivity contribution in [2.75, 3.05) is 26.1 Å². The summed E-state index contributed by atoms with van der Waals surface area (Å²) in [7, 11) is 0. The van der Waals surface area contributed by atoms with Gasteiger partial charge in [-0.25, -0.2) is 0 Å². The summed E-state index contributed by atoms with van der Waals surface area (Å²) in [5.74, 6) is -0.572. The zero-order chi connectivity index (χ0) is 19.3. The summed E-state index contributed by atoms with van der Waals surface area (Å²) in [6.45, 7) is 3.04. The number of thioether (sulfide) groups is 1. The lowest BCUT2D eigenvalue weighted by molar-refractivity contribution is -0.253. The Balaban J connectivity index is 2.03. The van der Waals surface area contributed by atoms with Crippen molar-refractivity contribution in [3.63, 3.8) is 0 Å². The van der Waals surface area contributed by atoms with Crippen LogP contribution in [0.25, 0.3) is 6.08 Å². The fourth-order valence-electron chi connectivity index (χ4n) is 2.32. The summed E-state index contributed by atoms with van der Waals surface area (Å²) in [6, 6.07) is 5.11. The first-order valence-corrected chi connectivity index (χ1v) is 9.05. The van der Waals surface area contributed by atoms with Crippen LogP contribution in [0.1, 0.15) is 12.5 Å². The van der Waals surface area contributed by atoms with E-state index in [4.69, 9.17) is 4.74 Å². The molecule has 0 aromatic heterocycles. The van der Waals surface area contributed by atoms with Crippen molar-refractivity contribution < 1.29 is 31.8 Å². The third-order valence-electron chi connectivity index (χ3n) is 3.70. The van der Waals surface area contributed by atoms with Crippen molar-refractivity contribution in [3.05, 3.63) is 35.4 Å². The molecule has 1 fully saturated rings. The van der Waals surface area contributed by atoms with E-state index in [1.165, 1.54) is 12.1 Å². The average molecular weight is 393 g/mol.